The van der Waals surface area contributed by atoms with Crippen LogP contribution in [0.2, 0.25) is 0 Å². The number of nitrogens with zero attached hydrogens (tertiary/aromatic N) is 5. The van der Waals surface area contributed by atoms with Gasteiger partial charge in [-0.15, -0.1) is 0 Å². The van der Waals surface area contributed by atoms with Crippen LogP contribution in [0.25, 0.3) is 0 Å². The molecule has 0 aliphatic carbocycles. The number of ether oxygens (including phenoxy) is 3. The van der Waals surface area contributed by atoms with Crippen LogP contribution in [0.5, 0.6) is 17.2 Å². The number of fused-ring (bicyclic) bond motifs is 1. The molecule has 0 spiro atoms. The number of carbonyl (C=O) groups excluding carboxylic acids is 1. The summed E-state index contributed by atoms with van der Waals surface area (Å²) in [6.07, 6.45) is 9.87. The zero-order valence-electron chi connectivity index (χ0n) is 25.8. The van der Waals surface area contributed by atoms with E-state index in [4.69, 9.17) is 14.2 Å². The number of quaternary nitrogens is 1. The van der Waals surface area contributed by atoms with E-state index in [1.54, 1.807) is 19.6 Å². The van der Waals surface area contributed by atoms with Gasteiger partial charge >= 0.3 is 5.97 Å². The average molecular weight is 587 g/mol. The number of carbonyl (C=O) groups is 2. The lowest BCUT2D eigenvalue weighted by atomic mass is 9.84. The molecule has 2 aliphatic rings. The number of hydrogen-bond acceptors (Lipinski definition) is 7. The summed E-state index contributed by atoms with van der Waals surface area (Å²) in [5, 5.41) is 10.5. The summed E-state index contributed by atoms with van der Waals surface area (Å²) in [6.45, 7) is 5.97. The first kappa shape index (κ1) is 31.6. The topological polar surface area (TPSA) is 106 Å². The molecule has 0 bridgehead atoms. The van der Waals surface area contributed by atoms with Gasteiger partial charge < -0.3 is 33.3 Å². The van der Waals surface area contributed by atoms with E-state index in [2.05, 4.69) is 38.0 Å². The lowest BCUT2D eigenvalue weighted by Crippen LogP contribution is -2.45. The maximum Gasteiger partial charge on any atom is 0.308 e. The molecule has 1 aromatic heterocycles. The Kier molecular flexibility index (Phi) is 10.7. The standard InChI is InChI=1S/C31H47N5O6/c1-6-7-12-34(13-8-9-16-36(2,3)4)28(37)20-35-19-24(23-17-26(40-5)30-27(18-23)41-22-42-30)29(31(38)39)25(35)10-14-33-15-11-32-21-33/h11,15,17-18,21,24-25,29H,6-10,12-14,16,19-20,22H2,1-5H3/p+1/t24-,25+,29-/m1/s1. The molecular formula is C31H48N5O6+. The Hall–Kier alpha value is -3.31. The van der Waals surface area contributed by atoms with Crippen LogP contribution in [0.3, 0.4) is 0 Å². The molecule has 11 heteroatoms. The first-order valence-corrected chi connectivity index (χ1v) is 15.1. The molecule has 2 aromatic rings. The normalized spacial score (nSPS) is 20.2. The minimum absolute atomic E-state index is 0.0642. The number of rotatable bonds is 16. The Morgan fingerprint density at radius 1 is 1.17 bits per heavy atom. The molecule has 4 rings (SSSR count). The van der Waals surface area contributed by atoms with Gasteiger partial charge in [0.2, 0.25) is 18.4 Å². The van der Waals surface area contributed by atoms with Crippen molar-refractivity contribution in [2.24, 2.45) is 5.92 Å². The maximum atomic E-state index is 13.8. The Morgan fingerprint density at radius 2 is 1.95 bits per heavy atom. The van der Waals surface area contributed by atoms with Crippen molar-refractivity contribution in [1.29, 1.82) is 0 Å². The fourth-order valence-electron chi connectivity index (χ4n) is 6.13. The van der Waals surface area contributed by atoms with E-state index < -0.39 is 11.9 Å². The molecular weight excluding hydrogens is 538 g/mol. The van der Waals surface area contributed by atoms with Gasteiger partial charge in [-0.1, -0.05) is 13.3 Å². The van der Waals surface area contributed by atoms with Gasteiger partial charge in [0.15, 0.2) is 11.5 Å². The molecule has 1 N–H and O–H groups in total. The SMILES string of the molecule is CCCCN(CCCC[N+](C)(C)C)C(=O)CN1C[C@H](c2cc(OC)c3c(c2)OCO3)[C@@H](C(=O)O)[C@@H]1CCn1ccnc1. The number of imidazole rings is 1. The van der Waals surface area contributed by atoms with E-state index in [0.717, 1.165) is 55.4 Å². The van der Waals surface area contributed by atoms with Crippen molar-refractivity contribution in [3.8, 4) is 17.2 Å². The number of benzene rings is 1. The van der Waals surface area contributed by atoms with Crippen LogP contribution >= 0.6 is 0 Å². The van der Waals surface area contributed by atoms with E-state index in [9.17, 15) is 14.7 Å². The molecule has 1 fully saturated rings. The van der Waals surface area contributed by atoms with Crippen molar-refractivity contribution in [3.63, 3.8) is 0 Å². The van der Waals surface area contributed by atoms with Crippen molar-refractivity contribution in [3.05, 3.63) is 36.4 Å². The van der Waals surface area contributed by atoms with E-state index in [1.807, 2.05) is 27.8 Å². The van der Waals surface area contributed by atoms with Crippen molar-refractivity contribution >= 4 is 11.9 Å². The lowest BCUT2D eigenvalue weighted by molar-refractivity contribution is -0.870. The molecule has 232 valence electrons. The first-order chi connectivity index (χ1) is 20.1. The van der Waals surface area contributed by atoms with Gasteiger partial charge in [-0.3, -0.25) is 14.5 Å². The predicted molar refractivity (Wildman–Crippen MR) is 159 cm³/mol. The van der Waals surface area contributed by atoms with Gasteiger partial charge in [-0.05, 0) is 43.4 Å². The highest BCUT2D eigenvalue weighted by Gasteiger charge is 2.47. The molecule has 0 radical (unpaired) electrons. The molecule has 0 unspecified atom stereocenters. The predicted octanol–water partition coefficient (Wildman–Crippen LogP) is 3.29. The Bertz CT molecular complexity index is 1180. The summed E-state index contributed by atoms with van der Waals surface area (Å²) < 4.78 is 19.6. The summed E-state index contributed by atoms with van der Waals surface area (Å²) in [6, 6.07) is 3.39. The first-order valence-electron chi connectivity index (χ1n) is 15.1. The second kappa shape index (κ2) is 14.2. The number of amides is 1. The number of aliphatic carboxylic acids is 1. The average Bonchev–Trinajstić information content (AvgIpc) is 3.70. The molecule has 42 heavy (non-hydrogen) atoms. The van der Waals surface area contributed by atoms with Crippen molar-refractivity contribution < 1.29 is 33.4 Å². The molecule has 2 aliphatic heterocycles. The maximum absolute atomic E-state index is 13.8. The molecule has 1 amide bonds. The largest absolute Gasteiger partial charge is 0.493 e. The Morgan fingerprint density at radius 3 is 2.62 bits per heavy atom. The number of methoxy groups -OCH3 is 1. The number of carboxylic acid groups (broad SMARTS) is 1. The quantitative estimate of drug-likeness (QED) is 0.236. The second-order valence-electron chi connectivity index (χ2n) is 12.5. The Labute approximate surface area is 249 Å². The van der Waals surface area contributed by atoms with E-state index in [0.29, 0.717) is 36.8 Å². The van der Waals surface area contributed by atoms with Crippen LogP contribution < -0.4 is 14.2 Å². The van der Waals surface area contributed by atoms with Crippen LogP contribution in [-0.2, 0) is 16.1 Å². The fraction of sp³-hybridized carbons (Fsp3) is 0.645. The number of aromatic nitrogens is 2. The molecule has 3 heterocycles. The monoisotopic (exact) mass is 586 g/mol. The molecule has 1 aromatic carbocycles. The van der Waals surface area contributed by atoms with Crippen LogP contribution in [0.4, 0.5) is 0 Å². The van der Waals surface area contributed by atoms with E-state index in [-0.39, 0.29) is 31.2 Å². The van der Waals surface area contributed by atoms with Crippen molar-refractivity contribution in [2.75, 3.05) is 67.8 Å². The number of carboxylic acids is 1. The zero-order chi connectivity index (χ0) is 30.3. The highest BCUT2D eigenvalue weighted by molar-refractivity contribution is 5.79. The van der Waals surface area contributed by atoms with Crippen LogP contribution in [0.1, 0.15) is 50.5 Å². The van der Waals surface area contributed by atoms with Gasteiger partial charge in [0, 0.05) is 50.5 Å². The van der Waals surface area contributed by atoms with Crippen LogP contribution in [0.15, 0.2) is 30.9 Å². The summed E-state index contributed by atoms with van der Waals surface area (Å²) in [5.41, 5.74) is 0.814. The Balaban J connectivity index is 1.57. The molecule has 11 nitrogen and oxygen atoms in total. The zero-order valence-corrected chi connectivity index (χ0v) is 25.8. The van der Waals surface area contributed by atoms with Crippen molar-refractivity contribution in [2.45, 2.75) is 57.5 Å². The highest BCUT2D eigenvalue weighted by atomic mass is 16.7. The minimum atomic E-state index is -0.870. The van der Waals surface area contributed by atoms with E-state index >= 15 is 0 Å². The molecule has 0 saturated carbocycles. The second-order valence-corrected chi connectivity index (χ2v) is 12.5. The van der Waals surface area contributed by atoms with Gasteiger partial charge in [-0.25, -0.2) is 4.98 Å². The lowest BCUT2D eigenvalue weighted by Gasteiger charge is -2.30. The molecule has 3 atom stereocenters. The summed E-state index contributed by atoms with van der Waals surface area (Å²) in [5.74, 6) is -0.252. The van der Waals surface area contributed by atoms with Crippen LogP contribution in [-0.4, -0.2) is 115 Å². The smallest absolute Gasteiger partial charge is 0.308 e. The summed E-state index contributed by atoms with van der Waals surface area (Å²) in [7, 11) is 8.11. The molecule has 1 saturated heterocycles. The van der Waals surface area contributed by atoms with E-state index in [1.165, 1.54) is 0 Å². The minimum Gasteiger partial charge on any atom is -0.493 e. The van der Waals surface area contributed by atoms with Crippen LogP contribution in [0, 0.1) is 5.92 Å². The fourth-order valence-corrected chi connectivity index (χ4v) is 6.13. The number of aryl methyl sites for hydroxylation is 1. The summed E-state index contributed by atoms with van der Waals surface area (Å²) >= 11 is 0. The van der Waals surface area contributed by atoms with Gasteiger partial charge in [-0.2, -0.15) is 0 Å². The van der Waals surface area contributed by atoms with Crippen molar-refractivity contribution in [1.82, 2.24) is 19.4 Å². The summed E-state index contributed by atoms with van der Waals surface area (Å²) in [4.78, 5) is 34.9. The number of unbranched alkanes of at least 4 members (excludes halogenated alkanes) is 2. The van der Waals surface area contributed by atoms with Gasteiger partial charge in [0.05, 0.1) is 53.6 Å². The van der Waals surface area contributed by atoms with Gasteiger partial charge in [0.1, 0.15) is 0 Å². The van der Waals surface area contributed by atoms with Gasteiger partial charge in [0.25, 0.3) is 0 Å². The third kappa shape index (κ3) is 7.95. The number of likely N-dealkylation sites (tertiary alicyclic amines) is 1. The third-order valence-corrected chi connectivity index (χ3v) is 8.36. The highest BCUT2D eigenvalue weighted by Crippen LogP contribution is 2.47. The number of hydrogen-bond donors (Lipinski definition) is 1. The third-order valence-electron chi connectivity index (χ3n) is 8.36.